The van der Waals surface area contributed by atoms with Crippen molar-refractivity contribution in [3.8, 4) is 5.75 Å². The van der Waals surface area contributed by atoms with E-state index in [1.165, 1.54) is 0 Å². The molecule has 1 aromatic rings. The van der Waals surface area contributed by atoms with Crippen molar-refractivity contribution in [1.29, 1.82) is 0 Å². The SMILES string of the molecule is CCCOc1cccc(NC(=O)C2CCNC2C)c1. The molecular formula is C15H22N2O2. The van der Waals surface area contributed by atoms with Crippen molar-refractivity contribution < 1.29 is 9.53 Å². The van der Waals surface area contributed by atoms with E-state index in [4.69, 9.17) is 4.74 Å². The van der Waals surface area contributed by atoms with E-state index in [9.17, 15) is 4.79 Å². The number of anilines is 1. The lowest BCUT2D eigenvalue weighted by Gasteiger charge is -2.15. The molecule has 0 aromatic heterocycles. The van der Waals surface area contributed by atoms with Gasteiger partial charge in [-0.2, -0.15) is 0 Å². The van der Waals surface area contributed by atoms with Gasteiger partial charge in [0.05, 0.1) is 12.5 Å². The molecule has 1 fully saturated rings. The zero-order chi connectivity index (χ0) is 13.7. The van der Waals surface area contributed by atoms with Gasteiger partial charge < -0.3 is 15.4 Å². The molecule has 4 nitrogen and oxygen atoms in total. The van der Waals surface area contributed by atoms with E-state index in [0.29, 0.717) is 6.61 Å². The van der Waals surface area contributed by atoms with Crippen molar-refractivity contribution >= 4 is 11.6 Å². The number of benzene rings is 1. The Balaban J connectivity index is 1.96. The number of hydrogen-bond acceptors (Lipinski definition) is 3. The predicted octanol–water partition coefficient (Wildman–Crippen LogP) is 2.41. The molecule has 19 heavy (non-hydrogen) atoms. The number of rotatable bonds is 5. The fraction of sp³-hybridized carbons (Fsp3) is 0.533. The van der Waals surface area contributed by atoms with Gasteiger partial charge in [0.2, 0.25) is 5.91 Å². The highest BCUT2D eigenvalue weighted by Gasteiger charge is 2.29. The molecule has 0 aliphatic carbocycles. The second-order valence-corrected chi connectivity index (χ2v) is 5.00. The van der Waals surface area contributed by atoms with Gasteiger partial charge in [0.25, 0.3) is 0 Å². The van der Waals surface area contributed by atoms with Gasteiger partial charge in [-0.15, -0.1) is 0 Å². The van der Waals surface area contributed by atoms with Crippen LogP contribution >= 0.6 is 0 Å². The summed E-state index contributed by atoms with van der Waals surface area (Å²) in [7, 11) is 0. The van der Waals surface area contributed by atoms with E-state index in [-0.39, 0.29) is 17.9 Å². The van der Waals surface area contributed by atoms with Gasteiger partial charge in [-0.3, -0.25) is 4.79 Å². The lowest BCUT2D eigenvalue weighted by atomic mass is 10.0. The average molecular weight is 262 g/mol. The molecule has 2 unspecified atom stereocenters. The summed E-state index contributed by atoms with van der Waals surface area (Å²) in [4.78, 5) is 12.2. The van der Waals surface area contributed by atoms with E-state index < -0.39 is 0 Å². The van der Waals surface area contributed by atoms with Gasteiger partial charge in [-0.1, -0.05) is 13.0 Å². The Morgan fingerprint density at radius 1 is 1.53 bits per heavy atom. The zero-order valence-corrected chi connectivity index (χ0v) is 11.6. The first-order valence-corrected chi connectivity index (χ1v) is 6.98. The summed E-state index contributed by atoms with van der Waals surface area (Å²) in [6, 6.07) is 7.83. The van der Waals surface area contributed by atoms with Gasteiger partial charge >= 0.3 is 0 Å². The smallest absolute Gasteiger partial charge is 0.229 e. The largest absolute Gasteiger partial charge is 0.494 e. The van der Waals surface area contributed by atoms with Crippen LogP contribution in [0.3, 0.4) is 0 Å². The summed E-state index contributed by atoms with van der Waals surface area (Å²) in [5.41, 5.74) is 0.803. The van der Waals surface area contributed by atoms with Crippen molar-refractivity contribution in [2.24, 2.45) is 5.92 Å². The Morgan fingerprint density at radius 2 is 2.37 bits per heavy atom. The minimum atomic E-state index is 0.0558. The number of amides is 1. The molecule has 1 aliphatic heterocycles. The second-order valence-electron chi connectivity index (χ2n) is 5.00. The molecule has 2 rings (SSSR count). The molecule has 1 amide bonds. The molecule has 104 valence electrons. The highest BCUT2D eigenvalue weighted by atomic mass is 16.5. The number of ether oxygens (including phenoxy) is 1. The Morgan fingerprint density at radius 3 is 3.05 bits per heavy atom. The van der Waals surface area contributed by atoms with Gasteiger partial charge in [0, 0.05) is 17.8 Å². The molecule has 0 radical (unpaired) electrons. The molecule has 0 saturated carbocycles. The minimum Gasteiger partial charge on any atom is -0.494 e. The summed E-state index contributed by atoms with van der Waals surface area (Å²) >= 11 is 0. The highest BCUT2D eigenvalue weighted by Crippen LogP contribution is 2.21. The van der Waals surface area contributed by atoms with E-state index >= 15 is 0 Å². The predicted molar refractivity (Wildman–Crippen MR) is 76.4 cm³/mol. The van der Waals surface area contributed by atoms with Gasteiger partial charge in [-0.05, 0) is 38.4 Å². The molecule has 2 atom stereocenters. The highest BCUT2D eigenvalue weighted by molar-refractivity contribution is 5.93. The van der Waals surface area contributed by atoms with Crippen LogP contribution in [0.15, 0.2) is 24.3 Å². The fourth-order valence-corrected chi connectivity index (χ4v) is 2.34. The van der Waals surface area contributed by atoms with E-state index in [1.54, 1.807) is 0 Å². The first-order valence-electron chi connectivity index (χ1n) is 6.98. The maximum atomic E-state index is 12.2. The number of carbonyl (C=O) groups is 1. The third kappa shape index (κ3) is 3.70. The lowest BCUT2D eigenvalue weighted by Crippen LogP contribution is -2.32. The second kappa shape index (κ2) is 6.57. The number of carbonyl (C=O) groups excluding carboxylic acids is 1. The maximum absolute atomic E-state index is 12.2. The molecule has 1 aliphatic rings. The summed E-state index contributed by atoms with van der Waals surface area (Å²) in [5.74, 6) is 0.947. The van der Waals surface area contributed by atoms with Crippen LogP contribution in [0.25, 0.3) is 0 Å². The number of nitrogens with one attached hydrogen (secondary N) is 2. The van der Waals surface area contributed by atoms with Gasteiger partial charge in [0.15, 0.2) is 0 Å². The van der Waals surface area contributed by atoms with Crippen LogP contribution in [0.5, 0.6) is 5.75 Å². The summed E-state index contributed by atoms with van der Waals surface area (Å²) in [5, 5.41) is 6.26. The maximum Gasteiger partial charge on any atom is 0.229 e. The molecule has 1 aromatic carbocycles. The monoisotopic (exact) mass is 262 g/mol. The zero-order valence-electron chi connectivity index (χ0n) is 11.6. The quantitative estimate of drug-likeness (QED) is 0.856. The van der Waals surface area contributed by atoms with Crippen LogP contribution in [0.1, 0.15) is 26.7 Å². The molecule has 0 spiro atoms. The van der Waals surface area contributed by atoms with Crippen molar-refractivity contribution in [1.82, 2.24) is 5.32 Å². The normalized spacial score (nSPS) is 22.2. The topological polar surface area (TPSA) is 50.4 Å². The summed E-state index contributed by atoms with van der Waals surface area (Å²) in [6.45, 7) is 5.73. The molecule has 0 bridgehead atoms. The van der Waals surface area contributed by atoms with Crippen LogP contribution in [0.2, 0.25) is 0 Å². The Labute approximate surface area is 114 Å². The summed E-state index contributed by atoms with van der Waals surface area (Å²) < 4.78 is 5.56. The minimum absolute atomic E-state index is 0.0558. The van der Waals surface area contributed by atoms with Crippen LogP contribution < -0.4 is 15.4 Å². The van der Waals surface area contributed by atoms with Crippen molar-refractivity contribution in [2.45, 2.75) is 32.7 Å². The standard InChI is InChI=1S/C15H22N2O2/c1-3-9-19-13-6-4-5-12(10-13)17-15(18)14-7-8-16-11(14)2/h4-6,10-11,14,16H,3,7-9H2,1-2H3,(H,17,18). The van der Waals surface area contributed by atoms with Crippen molar-refractivity contribution in [3.05, 3.63) is 24.3 Å². The van der Waals surface area contributed by atoms with Crippen LogP contribution in [-0.2, 0) is 4.79 Å². The first kappa shape index (κ1) is 13.9. The summed E-state index contributed by atoms with van der Waals surface area (Å²) in [6.07, 6.45) is 1.88. The average Bonchev–Trinajstić information content (AvgIpc) is 2.83. The lowest BCUT2D eigenvalue weighted by molar-refractivity contribution is -0.119. The van der Waals surface area contributed by atoms with Crippen LogP contribution in [0, 0.1) is 5.92 Å². The van der Waals surface area contributed by atoms with Gasteiger partial charge in [-0.25, -0.2) is 0 Å². The van der Waals surface area contributed by atoms with E-state index in [2.05, 4.69) is 24.5 Å². The molecule has 4 heteroatoms. The third-order valence-electron chi connectivity index (χ3n) is 3.44. The van der Waals surface area contributed by atoms with Crippen molar-refractivity contribution in [2.75, 3.05) is 18.5 Å². The third-order valence-corrected chi connectivity index (χ3v) is 3.44. The molecule has 1 saturated heterocycles. The van der Waals surface area contributed by atoms with E-state index in [1.807, 2.05) is 24.3 Å². The fourth-order valence-electron chi connectivity index (χ4n) is 2.34. The van der Waals surface area contributed by atoms with E-state index in [0.717, 1.165) is 30.8 Å². The van der Waals surface area contributed by atoms with Crippen LogP contribution in [-0.4, -0.2) is 25.1 Å². The molecular weight excluding hydrogens is 240 g/mol. The van der Waals surface area contributed by atoms with Crippen molar-refractivity contribution in [3.63, 3.8) is 0 Å². The Kier molecular flexibility index (Phi) is 4.80. The Hall–Kier alpha value is -1.55. The Bertz CT molecular complexity index is 434. The molecule has 1 heterocycles. The van der Waals surface area contributed by atoms with Gasteiger partial charge in [0.1, 0.15) is 5.75 Å². The van der Waals surface area contributed by atoms with Crippen LogP contribution in [0.4, 0.5) is 5.69 Å². The number of hydrogen-bond donors (Lipinski definition) is 2. The first-order chi connectivity index (χ1) is 9.20. The molecule has 2 N–H and O–H groups in total.